The van der Waals surface area contributed by atoms with Crippen molar-refractivity contribution in [2.75, 3.05) is 7.11 Å². The van der Waals surface area contributed by atoms with E-state index in [0.717, 1.165) is 0 Å². The van der Waals surface area contributed by atoms with Crippen LogP contribution in [0.15, 0.2) is 22.7 Å². The molecule has 4 N–H and O–H groups in total. The number of benzene rings is 1. The molecule has 0 aliphatic rings. The van der Waals surface area contributed by atoms with Crippen LogP contribution in [0.2, 0.25) is 0 Å². The van der Waals surface area contributed by atoms with E-state index in [4.69, 9.17) is 15.6 Å². The highest BCUT2D eigenvalue weighted by atomic mass is 79.9. The zero-order valence-corrected chi connectivity index (χ0v) is 10.5. The number of carboxylic acid groups (broad SMARTS) is 1. The van der Waals surface area contributed by atoms with Crippen molar-refractivity contribution in [2.24, 2.45) is 5.73 Å². The van der Waals surface area contributed by atoms with Gasteiger partial charge in [0.1, 0.15) is 5.75 Å². The van der Waals surface area contributed by atoms with E-state index in [9.17, 15) is 9.59 Å². The number of amides is 2. The minimum absolute atomic E-state index is 0.313. The average Bonchev–Trinajstić information content (AvgIpc) is 2.25. The van der Waals surface area contributed by atoms with Gasteiger partial charge in [-0.25, -0.2) is 9.59 Å². The van der Waals surface area contributed by atoms with Crippen molar-refractivity contribution in [1.29, 1.82) is 0 Å². The zero-order valence-electron chi connectivity index (χ0n) is 8.94. The van der Waals surface area contributed by atoms with Crippen molar-refractivity contribution in [3.05, 3.63) is 28.2 Å². The Balaban J connectivity index is 3.20. The number of urea groups is 1. The second kappa shape index (κ2) is 5.53. The number of hydrogen-bond acceptors (Lipinski definition) is 3. The number of rotatable bonds is 4. The van der Waals surface area contributed by atoms with Crippen LogP contribution in [0, 0.1) is 0 Å². The molecule has 0 unspecified atom stereocenters. The van der Waals surface area contributed by atoms with Gasteiger partial charge < -0.3 is 20.9 Å². The van der Waals surface area contributed by atoms with Crippen LogP contribution in [0.3, 0.4) is 0 Å². The molecule has 0 saturated heterocycles. The molecular formula is C10H11BrN2O4. The highest BCUT2D eigenvalue weighted by Gasteiger charge is 2.24. The van der Waals surface area contributed by atoms with E-state index in [1.54, 1.807) is 18.2 Å². The lowest BCUT2D eigenvalue weighted by Crippen LogP contribution is -2.37. The van der Waals surface area contributed by atoms with Crippen LogP contribution < -0.4 is 15.8 Å². The number of nitrogens with one attached hydrogen (secondary N) is 1. The SMILES string of the molecule is COc1ccc(Br)cc1[C@@H](NC(N)=O)C(=O)O. The third-order valence-electron chi connectivity index (χ3n) is 2.04. The van der Waals surface area contributed by atoms with Gasteiger partial charge in [0.25, 0.3) is 0 Å². The first-order chi connectivity index (χ1) is 7.95. The summed E-state index contributed by atoms with van der Waals surface area (Å²) in [6.45, 7) is 0. The highest BCUT2D eigenvalue weighted by molar-refractivity contribution is 9.10. The first-order valence-corrected chi connectivity index (χ1v) is 5.37. The number of ether oxygens (including phenoxy) is 1. The second-order valence-corrected chi connectivity index (χ2v) is 4.08. The van der Waals surface area contributed by atoms with Crippen molar-refractivity contribution < 1.29 is 19.4 Å². The molecule has 7 heteroatoms. The van der Waals surface area contributed by atoms with Gasteiger partial charge >= 0.3 is 12.0 Å². The van der Waals surface area contributed by atoms with Crippen LogP contribution in [-0.2, 0) is 4.79 Å². The first-order valence-electron chi connectivity index (χ1n) is 4.58. The van der Waals surface area contributed by atoms with Crippen molar-refractivity contribution in [3.63, 3.8) is 0 Å². The maximum Gasteiger partial charge on any atom is 0.331 e. The van der Waals surface area contributed by atoms with Crippen molar-refractivity contribution >= 4 is 27.9 Å². The minimum Gasteiger partial charge on any atom is -0.496 e. The van der Waals surface area contributed by atoms with Crippen molar-refractivity contribution in [2.45, 2.75) is 6.04 Å². The van der Waals surface area contributed by atoms with Gasteiger partial charge in [-0.15, -0.1) is 0 Å². The third-order valence-corrected chi connectivity index (χ3v) is 2.53. The number of carbonyl (C=O) groups excluding carboxylic acids is 1. The summed E-state index contributed by atoms with van der Waals surface area (Å²) in [5.74, 6) is -0.866. The highest BCUT2D eigenvalue weighted by Crippen LogP contribution is 2.28. The number of halogens is 1. The van der Waals surface area contributed by atoms with Gasteiger partial charge in [-0.2, -0.15) is 0 Å². The molecule has 0 fully saturated rings. The van der Waals surface area contributed by atoms with Gasteiger partial charge in [0.15, 0.2) is 6.04 Å². The van der Waals surface area contributed by atoms with E-state index in [0.29, 0.717) is 15.8 Å². The van der Waals surface area contributed by atoms with E-state index in [1.807, 2.05) is 0 Å². The van der Waals surface area contributed by atoms with E-state index in [-0.39, 0.29) is 0 Å². The van der Waals surface area contributed by atoms with Crippen molar-refractivity contribution in [1.82, 2.24) is 5.32 Å². The number of hydrogen-bond donors (Lipinski definition) is 3. The van der Waals surface area contributed by atoms with Gasteiger partial charge in [-0.05, 0) is 18.2 Å². The normalized spacial score (nSPS) is 11.6. The molecule has 0 spiro atoms. The second-order valence-electron chi connectivity index (χ2n) is 3.17. The van der Waals surface area contributed by atoms with E-state index in [1.165, 1.54) is 7.11 Å². The fourth-order valence-corrected chi connectivity index (χ4v) is 1.72. The van der Waals surface area contributed by atoms with Crippen molar-refractivity contribution in [3.8, 4) is 5.75 Å². The topological polar surface area (TPSA) is 102 Å². The maximum atomic E-state index is 11.1. The largest absolute Gasteiger partial charge is 0.496 e. The lowest BCUT2D eigenvalue weighted by molar-refractivity contribution is -0.139. The van der Waals surface area contributed by atoms with Gasteiger partial charge in [-0.3, -0.25) is 0 Å². The molecule has 1 aromatic rings. The standard InChI is InChI=1S/C10H11BrN2O4/c1-17-7-3-2-5(11)4-6(7)8(9(14)15)13-10(12)16/h2-4,8H,1H3,(H,14,15)(H3,12,13,16)/t8-/m1/s1. The number of carboxylic acids is 1. The lowest BCUT2D eigenvalue weighted by atomic mass is 10.1. The molecule has 17 heavy (non-hydrogen) atoms. The predicted molar refractivity (Wildman–Crippen MR) is 63.8 cm³/mol. The quantitative estimate of drug-likeness (QED) is 0.779. The Morgan fingerprint density at radius 1 is 1.53 bits per heavy atom. The molecule has 2 amide bonds. The predicted octanol–water partition coefficient (Wildman–Crippen LogP) is 1.25. The first kappa shape index (κ1) is 13.3. The zero-order chi connectivity index (χ0) is 13.0. The Morgan fingerprint density at radius 2 is 2.18 bits per heavy atom. The maximum absolute atomic E-state index is 11.1. The van der Waals surface area contributed by atoms with Crippen LogP contribution in [0.1, 0.15) is 11.6 Å². The van der Waals surface area contributed by atoms with Crippen LogP contribution in [0.25, 0.3) is 0 Å². The molecule has 0 radical (unpaired) electrons. The molecule has 6 nitrogen and oxygen atoms in total. The molecule has 0 aliphatic carbocycles. The summed E-state index contributed by atoms with van der Waals surface area (Å²) in [6.07, 6.45) is 0. The minimum atomic E-state index is -1.25. The molecule has 92 valence electrons. The van der Waals surface area contributed by atoms with E-state index < -0.39 is 18.0 Å². The molecular weight excluding hydrogens is 292 g/mol. The molecule has 0 saturated carbocycles. The number of aliphatic carboxylic acids is 1. The fraction of sp³-hybridized carbons (Fsp3) is 0.200. The number of carbonyl (C=O) groups is 2. The van der Waals surface area contributed by atoms with Crippen LogP contribution >= 0.6 is 15.9 Å². The molecule has 0 bridgehead atoms. The molecule has 1 rings (SSSR count). The molecule has 0 aliphatic heterocycles. The number of methoxy groups -OCH3 is 1. The third kappa shape index (κ3) is 3.35. The van der Waals surface area contributed by atoms with E-state index >= 15 is 0 Å². The Bertz CT molecular complexity index is 450. The Labute approximate surface area is 106 Å². The summed E-state index contributed by atoms with van der Waals surface area (Å²) in [5.41, 5.74) is 5.25. The van der Waals surface area contributed by atoms with Crippen LogP contribution in [0.5, 0.6) is 5.75 Å². The number of nitrogens with two attached hydrogens (primary N) is 1. The number of primary amides is 1. The molecule has 0 heterocycles. The van der Waals surface area contributed by atoms with Crippen LogP contribution in [0.4, 0.5) is 4.79 Å². The molecule has 1 atom stereocenters. The summed E-state index contributed by atoms with van der Waals surface area (Å²) in [7, 11) is 1.41. The molecule has 0 aromatic heterocycles. The summed E-state index contributed by atoms with van der Waals surface area (Å²) in [5, 5.41) is 11.2. The smallest absolute Gasteiger partial charge is 0.331 e. The summed E-state index contributed by atoms with van der Waals surface area (Å²) in [4.78, 5) is 21.8. The monoisotopic (exact) mass is 302 g/mol. The van der Waals surface area contributed by atoms with Gasteiger partial charge in [0, 0.05) is 10.0 Å². The molecule has 1 aromatic carbocycles. The van der Waals surface area contributed by atoms with Gasteiger partial charge in [-0.1, -0.05) is 15.9 Å². The Hall–Kier alpha value is -1.76. The van der Waals surface area contributed by atoms with Gasteiger partial charge in [0.05, 0.1) is 7.11 Å². The summed E-state index contributed by atoms with van der Waals surface area (Å²) in [6, 6.07) is 2.68. The average molecular weight is 303 g/mol. The van der Waals surface area contributed by atoms with Gasteiger partial charge in [0.2, 0.25) is 0 Å². The Morgan fingerprint density at radius 3 is 2.65 bits per heavy atom. The summed E-state index contributed by atoms with van der Waals surface area (Å²) >= 11 is 3.22. The Kier molecular flexibility index (Phi) is 4.33. The summed E-state index contributed by atoms with van der Waals surface area (Å²) < 4.78 is 5.71. The lowest BCUT2D eigenvalue weighted by Gasteiger charge is -2.16. The van der Waals surface area contributed by atoms with Crippen LogP contribution in [-0.4, -0.2) is 24.2 Å². The van der Waals surface area contributed by atoms with E-state index in [2.05, 4.69) is 21.2 Å². The fourth-order valence-electron chi connectivity index (χ4n) is 1.35.